The van der Waals surface area contributed by atoms with Crippen molar-refractivity contribution in [2.24, 2.45) is 0 Å². The molecule has 0 radical (unpaired) electrons. The quantitative estimate of drug-likeness (QED) is 0.754. The molecule has 1 aliphatic rings. The lowest BCUT2D eigenvalue weighted by atomic mass is 10.1. The molecule has 0 unspecified atom stereocenters. The molecule has 0 aliphatic heterocycles. The highest BCUT2D eigenvalue weighted by atomic mass is 32.2. The molecule has 1 aliphatic carbocycles. The maximum absolute atomic E-state index is 13.1. The summed E-state index contributed by atoms with van der Waals surface area (Å²) < 4.78 is 36.3. The van der Waals surface area contributed by atoms with E-state index in [4.69, 9.17) is 0 Å². The van der Waals surface area contributed by atoms with Crippen molar-refractivity contribution in [3.05, 3.63) is 65.5 Å². The van der Waals surface area contributed by atoms with Gasteiger partial charge in [-0.2, -0.15) is 0 Å². The van der Waals surface area contributed by atoms with Crippen molar-refractivity contribution in [2.45, 2.75) is 43.0 Å². The summed E-state index contributed by atoms with van der Waals surface area (Å²) in [6, 6.07) is 12.7. The van der Waals surface area contributed by atoms with E-state index in [0.717, 1.165) is 37.5 Å². The van der Waals surface area contributed by atoms with Crippen molar-refractivity contribution in [1.29, 1.82) is 0 Å². The number of sulfone groups is 1. The Labute approximate surface area is 159 Å². The summed E-state index contributed by atoms with van der Waals surface area (Å²) in [6.07, 6.45) is 5.99. The molecule has 0 bridgehead atoms. The molecule has 2 aromatic carbocycles. The molecule has 3 rings (SSSR count). The molecule has 0 atom stereocenters. The van der Waals surface area contributed by atoms with E-state index in [-0.39, 0.29) is 22.7 Å². The number of amides is 1. The molecule has 1 amide bonds. The topological polar surface area (TPSA) is 54.5 Å². The van der Waals surface area contributed by atoms with Crippen LogP contribution in [0.25, 0.3) is 0 Å². The Hall–Kier alpha value is -2.21. The number of carbonyl (C=O) groups is 1. The fourth-order valence-electron chi connectivity index (χ4n) is 3.58. The van der Waals surface area contributed by atoms with Crippen LogP contribution >= 0.6 is 0 Å². The van der Waals surface area contributed by atoms with Crippen molar-refractivity contribution in [3.63, 3.8) is 0 Å². The van der Waals surface area contributed by atoms with Crippen molar-refractivity contribution < 1.29 is 17.6 Å². The van der Waals surface area contributed by atoms with Gasteiger partial charge in [-0.25, -0.2) is 12.8 Å². The standard InChI is InChI=1S/C21H24FNO3S/c1-27(25,26)20-12-8-17(9-13-20)21(24)23(19-4-2-3-5-19)15-14-16-6-10-18(22)11-7-16/h6-13,19H,2-5,14-15H2,1H3. The summed E-state index contributed by atoms with van der Waals surface area (Å²) in [5.41, 5.74) is 1.48. The zero-order chi connectivity index (χ0) is 19.4. The van der Waals surface area contributed by atoms with Crippen molar-refractivity contribution in [2.75, 3.05) is 12.8 Å². The van der Waals surface area contributed by atoms with Crippen molar-refractivity contribution >= 4 is 15.7 Å². The molecule has 1 fully saturated rings. The van der Waals surface area contributed by atoms with Gasteiger partial charge in [0.05, 0.1) is 4.90 Å². The molecule has 144 valence electrons. The lowest BCUT2D eigenvalue weighted by Gasteiger charge is -2.29. The lowest BCUT2D eigenvalue weighted by molar-refractivity contribution is 0.0684. The van der Waals surface area contributed by atoms with Gasteiger partial charge in [0.1, 0.15) is 5.82 Å². The minimum atomic E-state index is -3.29. The molecule has 1 saturated carbocycles. The molecule has 6 heteroatoms. The van der Waals surface area contributed by atoms with E-state index >= 15 is 0 Å². The predicted molar refractivity (Wildman–Crippen MR) is 103 cm³/mol. The molecule has 0 aromatic heterocycles. The van der Waals surface area contributed by atoms with Crippen LogP contribution in [0, 0.1) is 5.82 Å². The van der Waals surface area contributed by atoms with Gasteiger partial charge in [-0.3, -0.25) is 4.79 Å². The van der Waals surface area contributed by atoms with Crippen LogP contribution in [-0.2, 0) is 16.3 Å². The fourth-order valence-corrected chi connectivity index (χ4v) is 4.21. The molecule has 0 saturated heterocycles. The second-order valence-electron chi connectivity index (χ2n) is 7.11. The summed E-state index contributed by atoms with van der Waals surface area (Å²) in [5.74, 6) is -0.350. The Morgan fingerprint density at radius 1 is 1.04 bits per heavy atom. The molecule has 27 heavy (non-hydrogen) atoms. The number of benzene rings is 2. The minimum absolute atomic E-state index is 0.0796. The first kappa shape index (κ1) is 19.5. The Bertz CT molecular complexity index is 886. The van der Waals surface area contributed by atoms with Gasteiger partial charge in [-0.15, -0.1) is 0 Å². The average molecular weight is 389 g/mol. The van der Waals surface area contributed by atoms with Gasteiger partial charge in [0, 0.05) is 24.4 Å². The van der Waals surface area contributed by atoms with Crippen LogP contribution in [0.4, 0.5) is 4.39 Å². The number of carbonyl (C=O) groups excluding carboxylic acids is 1. The average Bonchev–Trinajstić information content (AvgIpc) is 3.17. The van der Waals surface area contributed by atoms with Crippen LogP contribution in [0.5, 0.6) is 0 Å². The predicted octanol–water partition coefficient (Wildman–Crippen LogP) is 3.86. The van der Waals surface area contributed by atoms with Gasteiger partial charge >= 0.3 is 0 Å². The van der Waals surface area contributed by atoms with E-state index in [0.29, 0.717) is 18.5 Å². The first-order valence-corrected chi connectivity index (χ1v) is 11.1. The second kappa shape index (κ2) is 8.21. The van der Waals surface area contributed by atoms with E-state index in [1.54, 1.807) is 24.3 Å². The second-order valence-corrected chi connectivity index (χ2v) is 9.13. The first-order valence-electron chi connectivity index (χ1n) is 9.20. The van der Waals surface area contributed by atoms with Crippen molar-refractivity contribution in [1.82, 2.24) is 4.90 Å². The number of hydrogen-bond donors (Lipinski definition) is 0. The highest BCUT2D eigenvalue weighted by Gasteiger charge is 2.27. The van der Waals surface area contributed by atoms with Gasteiger partial charge in [-0.05, 0) is 61.2 Å². The van der Waals surface area contributed by atoms with Crippen LogP contribution in [0.15, 0.2) is 53.4 Å². The number of halogens is 1. The summed E-state index contributed by atoms with van der Waals surface area (Å²) in [7, 11) is -3.29. The fraction of sp³-hybridized carbons (Fsp3) is 0.381. The Morgan fingerprint density at radius 2 is 1.63 bits per heavy atom. The Kier molecular flexibility index (Phi) is 5.95. The van der Waals surface area contributed by atoms with Crippen LogP contribution in [0.2, 0.25) is 0 Å². The van der Waals surface area contributed by atoms with E-state index in [2.05, 4.69) is 0 Å². The Balaban J connectivity index is 1.77. The third kappa shape index (κ3) is 4.95. The summed E-state index contributed by atoms with van der Waals surface area (Å²) in [4.78, 5) is 15.2. The molecule has 4 nitrogen and oxygen atoms in total. The van der Waals surface area contributed by atoms with Crippen molar-refractivity contribution in [3.8, 4) is 0 Å². The van der Waals surface area contributed by atoms with E-state index in [9.17, 15) is 17.6 Å². The number of hydrogen-bond acceptors (Lipinski definition) is 3. The van der Waals surface area contributed by atoms with Crippen LogP contribution in [-0.4, -0.2) is 38.1 Å². The highest BCUT2D eigenvalue weighted by molar-refractivity contribution is 7.90. The number of rotatable bonds is 6. The maximum atomic E-state index is 13.1. The van der Waals surface area contributed by atoms with Gasteiger partial charge in [0.2, 0.25) is 0 Å². The first-order chi connectivity index (χ1) is 12.8. The largest absolute Gasteiger partial charge is 0.335 e. The van der Waals surface area contributed by atoms with Crippen LogP contribution in [0.3, 0.4) is 0 Å². The van der Waals surface area contributed by atoms with Gasteiger partial charge in [-0.1, -0.05) is 25.0 Å². The summed E-state index contributed by atoms with van der Waals surface area (Å²) >= 11 is 0. The van der Waals surface area contributed by atoms with Crippen LogP contribution < -0.4 is 0 Å². The monoisotopic (exact) mass is 389 g/mol. The zero-order valence-corrected chi connectivity index (χ0v) is 16.2. The highest BCUT2D eigenvalue weighted by Crippen LogP contribution is 2.25. The lowest BCUT2D eigenvalue weighted by Crippen LogP contribution is -2.40. The maximum Gasteiger partial charge on any atom is 0.254 e. The third-order valence-electron chi connectivity index (χ3n) is 5.11. The van der Waals surface area contributed by atoms with E-state index < -0.39 is 9.84 Å². The normalized spacial score (nSPS) is 15.0. The van der Waals surface area contributed by atoms with E-state index in [1.165, 1.54) is 24.3 Å². The molecular weight excluding hydrogens is 365 g/mol. The third-order valence-corrected chi connectivity index (χ3v) is 6.24. The molecule has 0 spiro atoms. The molecule has 0 N–H and O–H groups in total. The zero-order valence-electron chi connectivity index (χ0n) is 15.4. The Morgan fingerprint density at radius 3 is 2.19 bits per heavy atom. The molecular formula is C21H24FNO3S. The summed E-state index contributed by atoms with van der Waals surface area (Å²) in [6.45, 7) is 0.558. The van der Waals surface area contributed by atoms with Gasteiger partial charge < -0.3 is 4.90 Å². The van der Waals surface area contributed by atoms with Gasteiger partial charge in [0.25, 0.3) is 5.91 Å². The number of nitrogens with zero attached hydrogens (tertiary/aromatic N) is 1. The molecule has 2 aromatic rings. The smallest absolute Gasteiger partial charge is 0.254 e. The van der Waals surface area contributed by atoms with E-state index in [1.807, 2.05) is 4.90 Å². The molecule has 0 heterocycles. The van der Waals surface area contributed by atoms with Gasteiger partial charge in [0.15, 0.2) is 9.84 Å². The minimum Gasteiger partial charge on any atom is -0.335 e. The SMILES string of the molecule is CS(=O)(=O)c1ccc(C(=O)N(CCc2ccc(F)cc2)C2CCCC2)cc1. The van der Waals surface area contributed by atoms with Crippen LogP contribution in [0.1, 0.15) is 41.6 Å². The summed E-state index contributed by atoms with van der Waals surface area (Å²) in [5, 5.41) is 0.